The molecule has 3 amide bonds. The molecule has 8 nitrogen and oxygen atoms in total. The molecule has 2 heterocycles. The molecular formula is C20H25N5O3S. The van der Waals surface area contributed by atoms with Gasteiger partial charge in [0.25, 0.3) is 11.8 Å². The van der Waals surface area contributed by atoms with Gasteiger partial charge in [0, 0.05) is 44.8 Å². The molecule has 154 valence electrons. The minimum absolute atomic E-state index is 0.196. The van der Waals surface area contributed by atoms with E-state index in [1.54, 1.807) is 17.5 Å². The molecule has 1 aliphatic heterocycles. The normalized spacial score (nSPS) is 14.3. The van der Waals surface area contributed by atoms with Gasteiger partial charge in [0.2, 0.25) is 5.91 Å². The second-order valence-electron chi connectivity index (χ2n) is 6.67. The van der Waals surface area contributed by atoms with Gasteiger partial charge in [-0.25, -0.2) is 0 Å². The van der Waals surface area contributed by atoms with Gasteiger partial charge in [-0.05, 0) is 23.6 Å². The SMILES string of the molecule is O=C(CCN1CCN(c2ccccc2)CC1)NNC(=O)CNC(=O)c1cccs1. The topological polar surface area (TPSA) is 93.8 Å². The van der Waals surface area contributed by atoms with Crippen LogP contribution in [0, 0.1) is 0 Å². The highest BCUT2D eigenvalue weighted by molar-refractivity contribution is 7.12. The number of nitrogens with zero attached hydrogens (tertiary/aromatic N) is 2. The van der Waals surface area contributed by atoms with Gasteiger partial charge in [0.15, 0.2) is 0 Å². The summed E-state index contributed by atoms with van der Waals surface area (Å²) in [6, 6.07) is 13.7. The van der Waals surface area contributed by atoms with Gasteiger partial charge in [-0.2, -0.15) is 0 Å². The molecule has 1 aliphatic rings. The lowest BCUT2D eigenvalue weighted by Gasteiger charge is -2.36. The maximum Gasteiger partial charge on any atom is 0.261 e. The van der Waals surface area contributed by atoms with Gasteiger partial charge in [0.1, 0.15) is 0 Å². The molecule has 1 aromatic heterocycles. The fraction of sp³-hybridized carbons (Fsp3) is 0.350. The number of para-hydroxylation sites is 1. The molecule has 0 radical (unpaired) electrons. The smallest absolute Gasteiger partial charge is 0.261 e. The van der Waals surface area contributed by atoms with E-state index in [0.29, 0.717) is 17.8 Å². The highest BCUT2D eigenvalue weighted by Crippen LogP contribution is 2.15. The summed E-state index contributed by atoms with van der Waals surface area (Å²) in [6.45, 7) is 4.07. The van der Waals surface area contributed by atoms with Crippen LogP contribution < -0.4 is 21.1 Å². The fourth-order valence-corrected chi connectivity index (χ4v) is 3.67. The Bertz CT molecular complexity index is 805. The quantitative estimate of drug-likeness (QED) is 0.583. The number of hydrazine groups is 1. The number of nitrogens with one attached hydrogen (secondary N) is 3. The summed E-state index contributed by atoms with van der Waals surface area (Å²) in [4.78, 5) is 40.6. The summed E-state index contributed by atoms with van der Waals surface area (Å²) < 4.78 is 0. The van der Waals surface area contributed by atoms with E-state index >= 15 is 0 Å². The highest BCUT2D eigenvalue weighted by Gasteiger charge is 2.17. The molecule has 3 rings (SSSR count). The molecule has 0 spiro atoms. The van der Waals surface area contributed by atoms with E-state index in [4.69, 9.17) is 0 Å². The molecular weight excluding hydrogens is 390 g/mol. The molecule has 0 aliphatic carbocycles. The van der Waals surface area contributed by atoms with E-state index in [1.807, 2.05) is 18.2 Å². The van der Waals surface area contributed by atoms with E-state index < -0.39 is 5.91 Å². The molecule has 29 heavy (non-hydrogen) atoms. The summed E-state index contributed by atoms with van der Waals surface area (Å²) in [6.07, 6.45) is 0.299. The molecule has 1 aromatic carbocycles. The number of hydrogen-bond acceptors (Lipinski definition) is 6. The first-order valence-corrected chi connectivity index (χ1v) is 10.4. The number of amides is 3. The van der Waals surface area contributed by atoms with Crippen molar-refractivity contribution in [3.05, 3.63) is 52.7 Å². The Balaban J connectivity index is 1.27. The molecule has 0 saturated carbocycles. The second kappa shape index (κ2) is 10.6. The lowest BCUT2D eigenvalue weighted by Crippen LogP contribution is -2.49. The third kappa shape index (κ3) is 6.58. The molecule has 0 bridgehead atoms. The van der Waals surface area contributed by atoms with E-state index in [9.17, 15) is 14.4 Å². The molecule has 0 atom stereocenters. The standard InChI is InChI=1S/C20H25N5O3S/c26-18(22-23-19(27)15-21-20(28)17-7-4-14-29-17)8-9-24-10-12-25(13-11-24)16-5-2-1-3-6-16/h1-7,14H,8-13,15H2,(H,21,28)(H,22,26)(H,23,27). The van der Waals surface area contributed by atoms with E-state index in [0.717, 1.165) is 26.2 Å². The van der Waals surface area contributed by atoms with E-state index in [2.05, 4.69) is 38.1 Å². The zero-order valence-corrected chi connectivity index (χ0v) is 16.9. The van der Waals surface area contributed by atoms with Gasteiger partial charge < -0.3 is 10.2 Å². The Morgan fingerprint density at radius 2 is 1.62 bits per heavy atom. The van der Waals surface area contributed by atoms with Crippen molar-refractivity contribution in [3.63, 3.8) is 0 Å². The Morgan fingerprint density at radius 1 is 0.897 bits per heavy atom. The van der Waals surface area contributed by atoms with Crippen molar-refractivity contribution in [2.75, 3.05) is 44.2 Å². The summed E-state index contributed by atoms with van der Waals surface area (Å²) in [5.74, 6) is -1.04. The zero-order chi connectivity index (χ0) is 20.5. The van der Waals surface area contributed by atoms with Gasteiger partial charge in [-0.15, -0.1) is 11.3 Å². The molecule has 2 aromatic rings. The third-order valence-electron chi connectivity index (χ3n) is 4.64. The van der Waals surface area contributed by atoms with Crippen molar-refractivity contribution in [1.29, 1.82) is 0 Å². The van der Waals surface area contributed by atoms with Crippen molar-refractivity contribution in [2.45, 2.75) is 6.42 Å². The van der Waals surface area contributed by atoms with Crippen LogP contribution in [0.3, 0.4) is 0 Å². The van der Waals surface area contributed by atoms with Gasteiger partial charge >= 0.3 is 0 Å². The van der Waals surface area contributed by atoms with Crippen LogP contribution in [0.2, 0.25) is 0 Å². The number of rotatable bonds is 7. The monoisotopic (exact) mass is 415 g/mol. The first-order valence-electron chi connectivity index (χ1n) is 9.53. The fourth-order valence-electron chi connectivity index (χ4n) is 3.03. The van der Waals surface area contributed by atoms with E-state index in [1.165, 1.54) is 17.0 Å². The molecule has 1 fully saturated rings. The number of thiophene rings is 1. The first kappa shape index (κ1) is 20.8. The summed E-state index contributed by atoms with van der Waals surface area (Å²) in [5.41, 5.74) is 5.93. The van der Waals surface area contributed by atoms with Crippen LogP contribution in [0.5, 0.6) is 0 Å². The average molecular weight is 416 g/mol. The van der Waals surface area contributed by atoms with Gasteiger partial charge in [-0.3, -0.25) is 30.1 Å². The largest absolute Gasteiger partial charge is 0.369 e. The molecule has 3 N–H and O–H groups in total. The zero-order valence-electron chi connectivity index (χ0n) is 16.1. The number of carbonyl (C=O) groups excluding carboxylic acids is 3. The number of piperazine rings is 1. The van der Waals surface area contributed by atoms with Crippen molar-refractivity contribution < 1.29 is 14.4 Å². The minimum Gasteiger partial charge on any atom is -0.369 e. The van der Waals surface area contributed by atoms with Crippen LogP contribution in [-0.2, 0) is 9.59 Å². The first-order chi connectivity index (χ1) is 14.1. The Kier molecular flexibility index (Phi) is 7.60. The van der Waals surface area contributed by atoms with Crippen LogP contribution >= 0.6 is 11.3 Å². The van der Waals surface area contributed by atoms with Crippen LogP contribution in [0.15, 0.2) is 47.8 Å². The molecule has 9 heteroatoms. The van der Waals surface area contributed by atoms with Gasteiger partial charge in [-0.1, -0.05) is 24.3 Å². The van der Waals surface area contributed by atoms with Crippen LogP contribution in [-0.4, -0.2) is 61.9 Å². The second-order valence-corrected chi connectivity index (χ2v) is 7.62. The van der Waals surface area contributed by atoms with Crippen LogP contribution in [0.4, 0.5) is 5.69 Å². The van der Waals surface area contributed by atoms with Crippen molar-refractivity contribution in [2.24, 2.45) is 0 Å². The minimum atomic E-state index is -0.472. The maximum atomic E-state index is 12.0. The van der Waals surface area contributed by atoms with Crippen LogP contribution in [0.25, 0.3) is 0 Å². The molecule has 1 saturated heterocycles. The third-order valence-corrected chi connectivity index (χ3v) is 5.51. The average Bonchev–Trinajstić information content (AvgIpc) is 3.30. The summed E-state index contributed by atoms with van der Waals surface area (Å²) in [7, 11) is 0. The Labute approximate surface area is 173 Å². The van der Waals surface area contributed by atoms with Crippen LogP contribution in [0.1, 0.15) is 16.1 Å². The lowest BCUT2D eigenvalue weighted by atomic mass is 10.2. The Morgan fingerprint density at radius 3 is 2.31 bits per heavy atom. The predicted molar refractivity (Wildman–Crippen MR) is 113 cm³/mol. The van der Waals surface area contributed by atoms with Crippen molar-refractivity contribution >= 4 is 34.7 Å². The van der Waals surface area contributed by atoms with E-state index in [-0.39, 0.29) is 18.4 Å². The predicted octanol–water partition coefficient (Wildman–Crippen LogP) is 0.838. The van der Waals surface area contributed by atoms with Gasteiger partial charge in [0.05, 0.1) is 11.4 Å². The summed E-state index contributed by atoms with van der Waals surface area (Å²) in [5, 5.41) is 4.29. The number of carbonyl (C=O) groups is 3. The number of anilines is 1. The lowest BCUT2D eigenvalue weighted by molar-refractivity contribution is -0.128. The summed E-state index contributed by atoms with van der Waals surface area (Å²) >= 11 is 1.30. The highest BCUT2D eigenvalue weighted by atomic mass is 32.1. The van der Waals surface area contributed by atoms with Crippen molar-refractivity contribution in [3.8, 4) is 0 Å². The number of hydrogen-bond donors (Lipinski definition) is 3. The molecule has 0 unspecified atom stereocenters. The Hall–Kier alpha value is -2.91. The number of benzene rings is 1. The maximum absolute atomic E-state index is 12.0. The van der Waals surface area contributed by atoms with Crippen molar-refractivity contribution in [1.82, 2.24) is 21.1 Å².